The van der Waals surface area contributed by atoms with Crippen molar-refractivity contribution in [1.29, 1.82) is 0 Å². The summed E-state index contributed by atoms with van der Waals surface area (Å²) < 4.78 is 17.6. The summed E-state index contributed by atoms with van der Waals surface area (Å²) in [5, 5.41) is 4.92. The van der Waals surface area contributed by atoms with E-state index in [-0.39, 0.29) is 11.2 Å². The Morgan fingerprint density at radius 1 is 0.647 bits per heavy atom. The van der Waals surface area contributed by atoms with Crippen molar-refractivity contribution in [3.63, 3.8) is 0 Å². The minimum atomic E-state index is -0.227. The third-order valence-corrected chi connectivity index (χ3v) is 5.94. The minimum absolute atomic E-state index is 0.146. The summed E-state index contributed by atoms with van der Waals surface area (Å²) in [7, 11) is 0. The summed E-state index contributed by atoms with van der Waals surface area (Å²) in [6, 6.07) is 33.3. The summed E-state index contributed by atoms with van der Waals surface area (Å²) in [4.78, 5) is 13.0. The number of hydrogen-bond acceptors (Lipinski definition) is 4. The minimum Gasteiger partial charge on any atom is -0.489 e. The zero-order valence-corrected chi connectivity index (χ0v) is 18.2. The van der Waals surface area contributed by atoms with Crippen molar-refractivity contribution in [1.82, 2.24) is 0 Å². The number of ether oxygens (including phenoxy) is 2. The first-order chi connectivity index (χ1) is 16.7. The first kappa shape index (κ1) is 20.1. The molecule has 6 aromatic rings. The van der Waals surface area contributed by atoms with Gasteiger partial charge in [0.05, 0.1) is 5.39 Å². The highest BCUT2D eigenvalue weighted by Crippen LogP contribution is 2.27. The van der Waals surface area contributed by atoms with Crippen molar-refractivity contribution in [2.75, 3.05) is 0 Å². The van der Waals surface area contributed by atoms with Gasteiger partial charge in [-0.25, -0.2) is 0 Å². The molecule has 0 saturated carbocycles. The molecule has 0 radical (unpaired) electrons. The summed E-state index contributed by atoms with van der Waals surface area (Å²) in [5.74, 6) is 1.36. The van der Waals surface area contributed by atoms with Gasteiger partial charge in [0.1, 0.15) is 30.0 Å². The predicted octanol–water partition coefficient (Wildman–Crippen LogP) is 7.47. The van der Waals surface area contributed by atoms with Crippen LogP contribution < -0.4 is 14.9 Å². The van der Waals surface area contributed by atoms with E-state index in [9.17, 15) is 4.79 Å². The van der Waals surface area contributed by atoms with Crippen LogP contribution in [-0.2, 0) is 6.61 Å². The molecule has 0 spiro atoms. The van der Waals surface area contributed by atoms with E-state index in [1.165, 1.54) is 11.6 Å². The molecule has 0 bridgehead atoms. The van der Waals surface area contributed by atoms with Gasteiger partial charge in [-0.05, 0) is 51.4 Å². The maximum Gasteiger partial charge on any atom is 0.235 e. The number of rotatable bonds is 5. The van der Waals surface area contributed by atoms with Crippen molar-refractivity contribution in [2.24, 2.45) is 0 Å². The molecule has 0 saturated heterocycles. The lowest BCUT2D eigenvalue weighted by Gasteiger charge is -2.10. The van der Waals surface area contributed by atoms with Crippen LogP contribution in [0.4, 0.5) is 0 Å². The molecule has 0 aliphatic carbocycles. The average molecular weight is 444 g/mol. The van der Waals surface area contributed by atoms with Gasteiger partial charge in [0, 0.05) is 6.07 Å². The third kappa shape index (κ3) is 3.76. The number of hydrogen-bond donors (Lipinski definition) is 0. The first-order valence-electron chi connectivity index (χ1n) is 11.1. The van der Waals surface area contributed by atoms with Crippen LogP contribution in [0.25, 0.3) is 32.5 Å². The summed E-state index contributed by atoms with van der Waals surface area (Å²) in [6.07, 6.45) is 1.36. The molecule has 0 amide bonds. The normalized spacial score (nSPS) is 11.2. The van der Waals surface area contributed by atoms with Gasteiger partial charge >= 0.3 is 0 Å². The SMILES string of the molecule is O=c1c(Oc2ccc3ccccc3c2)coc2cc(OCc3cccc4ccccc34)ccc12. The number of benzene rings is 5. The van der Waals surface area contributed by atoms with Crippen LogP contribution >= 0.6 is 0 Å². The van der Waals surface area contributed by atoms with Gasteiger partial charge in [-0.2, -0.15) is 0 Å². The summed E-state index contributed by atoms with van der Waals surface area (Å²) in [6.45, 7) is 0.417. The van der Waals surface area contributed by atoms with Crippen LogP contribution in [0.15, 0.2) is 119 Å². The van der Waals surface area contributed by atoms with Gasteiger partial charge in [-0.1, -0.05) is 72.8 Å². The second-order valence-electron chi connectivity index (χ2n) is 8.13. The molecule has 164 valence electrons. The lowest BCUT2D eigenvalue weighted by Crippen LogP contribution is -2.05. The Balaban J connectivity index is 1.25. The standard InChI is InChI=1S/C30H20O4/c31-30-27-15-14-24(32-18-23-10-5-9-21-7-3-4-11-26(21)23)17-28(27)33-19-29(30)34-25-13-12-20-6-1-2-8-22(20)16-25/h1-17,19H,18H2. The Labute approximate surface area is 195 Å². The van der Waals surface area contributed by atoms with Crippen LogP contribution in [0.3, 0.4) is 0 Å². The monoisotopic (exact) mass is 444 g/mol. The quantitative estimate of drug-likeness (QED) is 0.277. The summed E-state index contributed by atoms with van der Waals surface area (Å²) in [5.41, 5.74) is 1.32. The highest BCUT2D eigenvalue weighted by Gasteiger charge is 2.11. The predicted molar refractivity (Wildman–Crippen MR) is 135 cm³/mol. The molecule has 0 fully saturated rings. The Hall–Kier alpha value is -4.57. The highest BCUT2D eigenvalue weighted by molar-refractivity contribution is 5.86. The molecule has 0 aliphatic heterocycles. The molecule has 0 atom stereocenters. The molecule has 4 nitrogen and oxygen atoms in total. The van der Waals surface area contributed by atoms with Crippen LogP contribution in [0.2, 0.25) is 0 Å². The van der Waals surface area contributed by atoms with Gasteiger partial charge in [0.25, 0.3) is 0 Å². The fraction of sp³-hybridized carbons (Fsp3) is 0.0333. The van der Waals surface area contributed by atoms with Crippen LogP contribution in [0, 0.1) is 0 Å². The van der Waals surface area contributed by atoms with Crippen LogP contribution in [-0.4, -0.2) is 0 Å². The number of fused-ring (bicyclic) bond motifs is 3. The van der Waals surface area contributed by atoms with Gasteiger partial charge in [0.2, 0.25) is 11.2 Å². The van der Waals surface area contributed by atoms with E-state index in [1.54, 1.807) is 18.2 Å². The lowest BCUT2D eigenvalue weighted by molar-refractivity contribution is 0.307. The molecule has 34 heavy (non-hydrogen) atoms. The maximum absolute atomic E-state index is 13.0. The van der Waals surface area contributed by atoms with Gasteiger partial charge in [0.15, 0.2) is 0 Å². The van der Waals surface area contributed by atoms with E-state index in [4.69, 9.17) is 13.9 Å². The van der Waals surface area contributed by atoms with E-state index in [1.807, 2.05) is 60.7 Å². The Morgan fingerprint density at radius 2 is 1.41 bits per heavy atom. The van der Waals surface area contributed by atoms with E-state index in [0.29, 0.717) is 29.1 Å². The zero-order chi connectivity index (χ0) is 22.9. The fourth-order valence-corrected chi connectivity index (χ4v) is 4.19. The molecule has 0 aliphatic rings. The van der Waals surface area contributed by atoms with E-state index in [0.717, 1.165) is 21.7 Å². The third-order valence-electron chi connectivity index (χ3n) is 5.94. The molecule has 1 aromatic heterocycles. The Kier molecular flexibility index (Phi) is 4.96. The lowest BCUT2D eigenvalue weighted by atomic mass is 10.1. The topological polar surface area (TPSA) is 48.7 Å². The van der Waals surface area contributed by atoms with Crippen LogP contribution in [0.1, 0.15) is 5.56 Å². The van der Waals surface area contributed by atoms with Crippen molar-refractivity contribution in [3.8, 4) is 17.2 Å². The smallest absolute Gasteiger partial charge is 0.235 e. The molecule has 0 unspecified atom stereocenters. The molecule has 4 heteroatoms. The first-order valence-corrected chi connectivity index (χ1v) is 11.1. The zero-order valence-electron chi connectivity index (χ0n) is 18.2. The summed E-state index contributed by atoms with van der Waals surface area (Å²) >= 11 is 0. The maximum atomic E-state index is 13.0. The van der Waals surface area contributed by atoms with E-state index >= 15 is 0 Å². The molecule has 5 aromatic carbocycles. The fourth-order valence-electron chi connectivity index (χ4n) is 4.19. The van der Waals surface area contributed by atoms with Crippen molar-refractivity contribution < 1.29 is 13.9 Å². The highest BCUT2D eigenvalue weighted by atomic mass is 16.5. The molecule has 6 rings (SSSR count). The molecular formula is C30H20O4. The van der Waals surface area contributed by atoms with E-state index < -0.39 is 0 Å². The van der Waals surface area contributed by atoms with Gasteiger partial charge in [-0.3, -0.25) is 4.79 Å². The molecular weight excluding hydrogens is 424 g/mol. The van der Waals surface area contributed by atoms with E-state index in [2.05, 4.69) is 24.3 Å². The van der Waals surface area contributed by atoms with Gasteiger partial charge in [-0.15, -0.1) is 0 Å². The second-order valence-corrected chi connectivity index (χ2v) is 8.13. The van der Waals surface area contributed by atoms with Crippen molar-refractivity contribution in [3.05, 3.63) is 125 Å². The van der Waals surface area contributed by atoms with Crippen LogP contribution in [0.5, 0.6) is 17.2 Å². The van der Waals surface area contributed by atoms with Crippen molar-refractivity contribution in [2.45, 2.75) is 6.61 Å². The Morgan fingerprint density at radius 3 is 2.32 bits per heavy atom. The second kappa shape index (κ2) is 8.41. The molecule has 1 heterocycles. The Bertz CT molecular complexity index is 1710. The van der Waals surface area contributed by atoms with Crippen molar-refractivity contribution >= 4 is 32.5 Å². The largest absolute Gasteiger partial charge is 0.489 e. The molecule has 0 N–H and O–H groups in total. The van der Waals surface area contributed by atoms with Gasteiger partial charge < -0.3 is 13.9 Å². The average Bonchev–Trinajstić information content (AvgIpc) is 2.89.